The van der Waals surface area contributed by atoms with E-state index < -0.39 is 42.4 Å². The third-order valence-corrected chi connectivity index (χ3v) is 3.38. The number of hydrogen-bond acceptors (Lipinski definition) is 5. The Bertz CT molecular complexity index is 986. The van der Waals surface area contributed by atoms with E-state index in [-0.39, 0.29) is 28.5 Å². The summed E-state index contributed by atoms with van der Waals surface area (Å²) in [6.45, 7) is 1.42. The maximum absolute atomic E-state index is 12.9. The van der Waals surface area contributed by atoms with E-state index in [0.29, 0.717) is 0 Å². The number of anilines is 1. The Hall–Kier alpha value is -2.50. The van der Waals surface area contributed by atoms with Gasteiger partial charge in [-0.15, -0.1) is 0 Å². The van der Waals surface area contributed by atoms with Crippen LogP contribution in [-0.4, -0.2) is 21.1 Å². The van der Waals surface area contributed by atoms with Gasteiger partial charge in [0, 0.05) is 16.2 Å². The molecule has 3 rings (SSSR count). The van der Waals surface area contributed by atoms with Crippen LogP contribution < -0.4 is 11.3 Å². The lowest BCUT2D eigenvalue weighted by atomic mass is 9.92. The summed E-state index contributed by atoms with van der Waals surface area (Å²) in [6.07, 6.45) is -4.94. The monoisotopic (exact) mass is 289 g/mol. The van der Waals surface area contributed by atoms with Crippen molar-refractivity contribution in [3.8, 4) is 0 Å². The second-order valence-electron chi connectivity index (χ2n) is 4.83. The highest BCUT2D eigenvalue weighted by molar-refractivity contribution is 6.03. The van der Waals surface area contributed by atoms with Crippen molar-refractivity contribution in [3.63, 3.8) is 0 Å². The first-order valence-electron chi connectivity index (χ1n) is 8.40. The number of fused-ring (bicyclic) bond motifs is 1. The van der Waals surface area contributed by atoms with E-state index in [2.05, 4.69) is 4.98 Å². The van der Waals surface area contributed by atoms with Gasteiger partial charge in [0.15, 0.2) is 5.78 Å². The molecule has 0 amide bonds. The highest BCUT2D eigenvalue weighted by atomic mass is 16.2. The molecule has 2 N–H and O–H groups in total. The van der Waals surface area contributed by atoms with Crippen LogP contribution in [0.25, 0.3) is 10.9 Å². The van der Waals surface area contributed by atoms with Crippen LogP contribution in [0.15, 0.2) is 23.0 Å². The van der Waals surface area contributed by atoms with Crippen LogP contribution in [0.1, 0.15) is 36.5 Å². The number of ketones is 2. The number of carbonyl (C=O) groups excluding carboxylic acids is 2. The van der Waals surface area contributed by atoms with Crippen LogP contribution in [0.2, 0.25) is 0 Å². The van der Waals surface area contributed by atoms with Crippen molar-refractivity contribution in [3.05, 3.63) is 34.4 Å². The van der Waals surface area contributed by atoms with Gasteiger partial charge in [0.1, 0.15) is 11.6 Å². The van der Waals surface area contributed by atoms with Crippen LogP contribution in [0.3, 0.4) is 0 Å². The Morgan fingerprint density at radius 1 is 1.43 bits per heavy atom. The fourth-order valence-electron chi connectivity index (χ4n) is 2.43. The zero-order chi connectivity index (χ0) is 18.7. The average Bonchev–Trinajstić information content (AvgIpc) is 2.47. The summed E-state index contributed by atoms with van der Waals surface area (Å²) in [7, 11) is 0. The molecule has 1 fully saturated rings. The number of nitrogens with two attached hydrogens (primary N) is 1. The Balaban J connectivity index is 2.34. The molecule has 1 aliphatic carbocycles. The smallest absolute Gasteiger partial charge is 0.264 e. The zero-order valence-electron chi connectivity index (χ0n) is 15.2. The summed E-state index contributed by atoms with van der Waals surface area (Å²) < 4.78 is 32.4. The molecule has 0 aliphatic heterocycles. The van der Waals surface area contributed by atoms with Crippen LogP contribution in [0.4, 0.5) is 5.69 Å². The SMILES string of the molecule is [2H]c1cc(N)c2c(=O)n(C3C(=O)CC(=O)C([2H])C3([2H])[2H])c(C)nc2c1. The molecule has 21 heavy (non-hydrogen) atoms. The average molecular weight is 289 g/mol. The van der Waals surface area contributed by atoms with E-state index >= 15 is 0 Å². The molecule has 0 spiro atoms. The summed E-state index contributed by atoms with van der Waals surface area (Å²) in [4.78, 5) is 41.1. The number of benzene rings is 1. The predicted molar refractivity (Wildman–Crippen MR) is 78.1 cm³/mol. The topological polar surface area (TPSA) is 95.0 Å². The molecule has 1 heterocycles. The van der Waals surface area contributed by atoms with Crippen molar-refractivity contribution in [2.24, 2.45) is 0 Å². The van der Waals surface area contributed by atoms with E-state index in [1.54, 1.807) is 0 Å². The van der Waals surface area contributed by atoms with Gasteiger partial charge in [0.2, 0.25) is 0 Å². The third kappa shape index (κ3) is 2.12. The maximum Gasteiger partial charge on any atom is 0.264 e. The molecular formula is C15H15N3O3. The first-order chi connectivity index (χ1) is 11.6. The minimum atomic E-state index is -2.56. The molecule has 0 bridgehead atoms. The molecule has 1 aromatic heterocycles. The number of Topliss-reactive ketones (excluding diaryl/α,β-unsaturated/α-hetero) is 2. The van der Waals surface area contributed by atoms with Gasteiger partial charge in [-0.3, -0.25) is 19.0 Å². The van der Waals surface area contributed by atoms with Gasteiger partial charge in [-0.2, -0.15) is 0 Å². The molecular weight excluding hydrogens is 270 g/mol. The molecule has 108 valence electrons. The third-order valence-electron chi connectivity index (χ3n) is 3.38. The van der Waals surface area contributed by atoms with Gasteiger partial charge in [0.05, 0.1) is 24.7 Å². The number of aryl methyl sites for hydroxylation is 1. The molecule has 6 nitrogen and oxygen atoms in total. The minimum Gasteiger partial charge on any atom is -0.398 e. The highest BCUT2D eigenvalue weighted by Gasteiger charge is 2.30. The molecule has 2 unspecified atom stereocenters. The molecule has 6 heteroatoms. The lowest BCUT2D eigenvalue weighted by Crippen LogP contribution is -2.36. The van der Waals surface area contributed by atoms with Gasteiger partial charge in [-0.05, 0) is 25.4 Å². The van der Waals surface area contributed by atoms with Crippen LogP contribution >= 0.6 is 0 Å². The second kappa shape index (κ2) is 4.80. The van der Waals surface area contributed by atoms with Gasteiger partial charge < -0.3 is 5.73 Å². The Morgan fingerprint density at radius 3 is 2.95 bits per heavy atom. The number of rotatable bonds is 1. The van der Waals surface area contributed by atoms with Crippen LogP contribution in [0, 0.1) is 6.92 Å². The van der Waals surface area contributed by atoms with Crippen molar-refractivity contribution in [1.29, 1.82) is 0 Å². The molecule has 2 aromatic rings. The molecule has 1 saturated carbocycles. The quantitative estimate of drug-likeness (QED) is 0.627. The number of nitrogen functional groups attached to an aromatic ring is 1. The molecule has 1 aromatic carbocycles. The van der Waals surface area contributed by atoms with E-state index in [1.165, 1.54) is 19.1 Å². The highest BCUT2D eigenvalue weighted by Crippen LogP contribution is 2.24. The van der Waals surface area contributed by atoms with Gasteiger partial charge in [-0.25, -0.2) is 4.98 Å². The van der Waals surface area contributed by atoms with Crippen molar-refractivity contribution in [2.75, 3.05) is 5.73 Å². The van der Waals surface area contributed by atoms with Crippen molar-refractivity contribution >= 4 is 28.2 Å². The first kappa shape index (κ1) is 9.44. The number of nitrogens with zero attached hydrogens (tertiary/aromatic N) is 2. The lowest BCUT2D eigenvalue weighted by Gasteiger charge is -2.24. The standard InChI is InChI=1S/C15H15N3O3/c1-8-17-11-4-2-3-10(16)14(11)15(21)18(8)12-6-5-9(19)7-13(12)20/h2-4,12H,5-7,16H2,1H3/i2D,5D,6D2. The predicted octanol–water partition coefficient (Wildman–Crippen LogP) is 1.15. The number of aromatic nitrogens is 2. The van der Waals surface area contributed by atoms with E-state index in [0.717, 1.165) is 4.57 Å². The second-order valence-corrected chi connectivity index (χ2v) is 4.83. The normalized spacial score (nSPS) is 27.9. The summed E-state index contributed by atoms with van der Waals surface area (Å²) in [5.41, 5.74) is 5.25. The van der Waals surface area contributed by atoms with Crippen molar-refractivity contribution in [2.45, 2.75) is 32.2 Å². The summed E-state index contributed by atoms with van der Waals surface area (Å²) in [5.74, 6) is -1.55. The molecule has 0 saturated heterocycles. The maximum atomic E-state index is 12.9. The van der Waals surface area contributed by atoms with E-state index in [1.807, 2.05) is 0 Å². The minimum absolute atomic E-state index is 0.00364. The van der Waals surface area contributed by atoms with E-state index in [4.69, 9.17) is 11.2 Å². The largest absolute Gasteiger partial charge is 0.398 e. The lowest BCUT2D eigenvalue weighted by molar-refractivity contribution is -0.132. The van der Waals surface area contributed by atoms with E-state index in [9.17, 15) is 14.4 Å². The van der Waals surface area contributed by atoms with Gasteiger partial charge in [-0.1, -0.05) is 6.04 Å². The molecule has 1 aliphatic rings. The first-order valence-corrected chi connectivity index (χ1v) is 6.32. The summed E-state index contributed by atoms with van der Waals surface area (Å²) in [6, 6.07) is 1.04. The fraction of sp³-hybridized carbons (Fsp3) is 0.333. The van der Waals surface area contributed by atoms with Crippen LogP contribution in [-0.2, 0) is 9.59 Å². The Kier molecular flexibility index (Phi) is 2.16. The summed E-state index contributed by atoms with van der Waals surface area (Å²) >= 11 is 0. The van der Waals surface area contributed by atoms with Crippen molar-refractivity contribution < 1.29 is 15.1 Å². The number of hydrogen-bond donors (Lipinski definition) is 1. The molecule has 0 radical (unpaired) electrons. The van der Waals surface area contributed by atoms with Crippen LogP contribution in [0.5, 0.6) is 0 Å². The fourth-order valence-corrected chi connectivity index (χ4v) is 2.43. The van der Waals surface area contributed by atoms with Gasteiger partial charge in [0.25, 0.3) is 5.56 Å². The Morgan fingerprint density at radius 2 is 2.19 bits per heavy atom. The zero-order valence-corrected chi connectivity index (χ0v) is 11.2. The molecule has 2 atom stereocenters. The van der Waals surface area contributed by atoms with Crippen molar-refractivity contribution in [1.82, 2.24) is 9.55 Å². The number of carbonyl (C=O) groups is 2. The Labute approximate surface area is 126 Å². The summed E-state index contributed by atoms with van der Waals surface area (Å²) in [5, 5.41) is -0.0244. The van der Waals surface area contributed by atoms with Gasteiger partial charge >= 0.3 is 0 Å².